The van der Waals surface area contributed by atoms with Crippen molar-refractivity contribution in [1.82, 2.24) is 0 Å². The van der Waals surface area contributed by atoms with E-state index in [4.69, 9.17) is 4.74 Å². The molecular formula is C14H17F3O3. The van der Waals surface area contributed by atoms with Crippen molar-refractivity contribution in [2.75, 3.05) is 6.61 Å². The molecule has 1 fully saturated rings. The monoisotopic (exact) mass is 290 g/mol. The zero-order chi connectivity index (χ0) is 14.8. The molecule has 1 aromatic rings. The number of hydrogen-bond acceptors (Lipinski definition) is 3. The molecule has 2 rings (SSSR count). The van der Waals surface area contributed by atoms with E-state index in [1.54, 1.807) is 0 Å². The number of benzene rings is 1. The Morgan fingerprint density at radius 2 is 2.00 bits per heavy atom. The molecule has 1 N–H and O–H groups in total. The van der Waals surface area contributed by atoms with Crippen molar-refractivity contribution in [1.29, 1.82) is 0 Å². The Kier molecular flexibility index (Phi) is 4.25. The van der Waals surface area contributed by atoms with Crippen LogP contribution in [0.2, 0.25) is 0 Å². The Bertz CT molecular complexity index is 436. The number of rotatable bonds is 4. The van der Waals surface area contributed by atoms with Crippen molar-refractivity contribution < 1.29 is 27.8 Å². The van der Waals surface area contributed by atoms with Crippen LogP contribution < -0.4 is 4.74 Å². The summed E-state index contributed by atoms with van der Waals surface area (Å²) in [5.74, 6) is -0.265. The molecule has 0 amide bonds. The number of ether oxygens (including phenoxy) is 2. The highest BCUT2D eigenvalue weighted by Gasteiger charge is 2.37. The maximum Gasteiger partial charge on any atom is 0.573 e. The van der Waals surface area contributed by atoms with Crippen LogP contribution >= 0.6 is 0 Å². The van der Waals surface area contributed by atoms with Crippen molar-refractivity contribution in [3.63, 3.8) is 0 Å². The molecule has 1 aliphatic heterocycles. The van der Waals surface area contributed by atoms with Crippen LogP contribution in [0.5, 0.6) is 5.75 Å². The summed E-state index contributed by atoms with van der Waals surface area (Å²) in [6.07, 6.45) is -3.34. The fourth-order valence-corrected chi connectivity index (χ4v) is 2.33. The van der Waals surface area contributed by atoms with E-state index in [0.29, 0.717) is 13.0 Å². The van der Waals surface area contributed by atoms with Crippen molar-refractivity contribution in [3.8, 4) is 5.75 Å². The molecule has 6 heteroatoms. The first-order valence-electron chi connectivity index (χ1n) is 6.45. The third-order valence-electron chi connectivity index (χ3n) is 3.54. The van der Waals surface area contributed by atoms with Gasteiger partial charge in [-0.15, -0.1) is 13.2 Å². The SMILES string of the molecule is CC1(C(O)Cc2ccc(OC(F)(F)F)cc2)CCCO1. The molecule has 1 aliphatic rings. The van der Waals surface area contributed by atoms with Crippen LogP contribution in [0.4, 0.5) is 13.2 Å². The van der Waals surface area contributed by atoms with Crippen LogP contribution in [0.3, 0.4) is 0 Å². The van der Waals surface area contributed by atoms with Crippen molar-refractivity contribution >= 4 is 0 Å². The Morgan fingerprint density at radius 1 is 1.35 bits per heavy atom. The average Bonchev–Trinajstić information content (AvgIpc) is 2.78. The zero-order valence-corrected chi connectivity index (χ0v) is 11.1. The molecule has 3 nitrogen and oxygen atoms in total. The Labute approximate surface area is 115 Å². The zero-order valence-electron chi connectivity index (χ0n) is 11.1. The topological polar surface area (TPSA) is 38.7 Å². The lowest BCUT2D eigenvalue weighted by Gasteiger charge is -2.29. The first kappa shape index (κ1) is 15.1. The van der Waals surface area contributed by atoms with Gasteiger partial charge in [-0.1, -0.05) is 12.1 Å². The third kappa shape index (κ3) is 3.86. The first-order chi connectivity index (χ1) is 9.28. The summed E-state index contributed by atoms with van der Waals surface area (Å²) in [6.45, 7) is 2.48. The average molecular weight is 290 g/mol. The number of halogens is 3. The van der Waals surface area contributed by atoms with Gasteiger partial charge < -0.3 is 14.6 Å². The smallest absolute Gasteiger partial charge is 0.406 e. The van der Waals surface area contributed by atoms with Gasteiger partial charge in [0.2, 0.25) is 0 Å². The lowest BCUT2D eigenvalue weighted by molar-refractivity contribution is -0.274. The summed E-state index contributed by atoms with van der Waals surface area (Å²) in [7, 11) is 0. The molecule has 2 unspecified atom stereocenters. The van der Waals surface area contributed by atoms with Crippen molar-refractivity contribution in [2.45, 2.75) is 44.3 Å². The number of aliphatic hydroxyl groups excluding tert-OH is 1. The van der Waals surface area contributed by atoms with Crippen LogP contribution in [-0.4, -0.2) is 29.8 Å². The van der Waals surface area contributed by atoms with Gasteiger partial charge in [0.05, 0.1) is 11.7 Å². The highest BCUT2D eigenvalue weighted by atomic mass is 19.4. The van der Waals surface area contributed by atoms with Gasteiger partial charge in [-0.05, 0) is 37.5 Å². The summed E-state index contributed by atoms with van der Waals surface area (Å²) >= 11 is 0. The van der Waals surface area contributed by atoms with E-state index in [1.807, 2.05) is 6.92 Å². The molecule has 2 atom stereocenters. The Hall–Kier alpha value is -1.27. The maximum absolute atomic E-state index is 12.0. The van der Waals surface area contributed by atoms with E-state index in [-0.39, 0.29) is 5.75 Å². The molecule has 0 spiro atoms. The predicted octanol–water partition coefficient (Wildman–Crippen LogP) is 3.06. The van der Waals surface area contributed by atoms with E-state index in [9.17, 15) is 18.3 Å². The van der Waals surface area contributed by atoms with Gasteiger partial charge in [0, 0.05) is 13.0 Å². The molecule has 1 heterocycles. The fourth-order valence-electron chi connectivity index (χ4n) is 2.33. The summed E-state index contributed by atoms with van der Waals surface area (Å²) in [5, 5.41) is 10.2. The van der Waals surface area contributed by atoms with Gasteiger partial charge in [0.1, 0.15) is 5.75 Å². The molecular weight excluding hydrogens is 273 g/mol. The second-order valence-electron chi connectivity index (χ2n) is 5.18. The quantitative estimate of drug-likeness (QED) is 0.926. The van der Waals surface area contributed by atoms with E-state index in [1.165, 1.54) is 24.3 Å². The molecule has 0 aromatic heterocycles. The summed E-state index contributed by atoms with van der Waals surface area (Å²) in [6, 6.07) is 5.52. The predicted molar refractivity (Wildman–Crippen MR) is 66.4 cm³/mol. The van der Waals surface area contributed by atoms with Crippen molar-refractivity contribution in [2.24, 2.45) is 0 Å². The van der Waals surface area contributed by atoms with E-state index in [0.717, 1.165) is 18.4 Å². The molecule has 112 valence electrons. The molecule has 0 aliphatic carbocycles. The highest BCUT2D eigenvalue weighted by molar-refractivity contribution is 5.28. The number of alkyl halides is 3. The first-order valence-corrected chi connectivity index (χ1v) is 6.45. The second-order valence-corrected chi connectivity index (χ2v) is 5.18. The maximum atomic E-state index is 12.0. The van der Waals surface area contributed by atoms with Crippen molar-refractivity contribution in [3.05, 3.63) is 29.8 Å². The van der Waals surface area contributed by atoms with E-state index >= 15 is 0 Å². The molecule has 20 heavy (non-hydrogen) atoms. The van der Waals surface area contributed by atoms with Gasteiger partial charge in [-0.25, -0.2) is 0 Å². The van der Waals surface area contributed by atoms with E-state index in [2.05, 4.69) is 4.74 Å². The number of aliphatic hydroxyl groups is 1. The van der Waals surface area contributed by atoms with Crippen LogP contribution in [0.15, 0.2) is 24.3 Å². The van der Waals surface area contributed by atoms with E-state index < -0.39 is 18.1 Å². The molecule has 0 bridgehead atoms. The van der Waals surface area contributed by atoms with Gasteiger partial charge in [-0.3, -0.25) is 0 Å². The minimum Gasteiger partial charge on any atom is -0.406 e. The second kappa shape index (κ2) is 5.61. The van der Waals surface area contributed by atoms with Gasteiger partial charge in [0.15, 0.2) is 0 Å². The normalized spacial score (nSPS) is 24.6. The summed E-state index contributed by atoms with van der Waals surface area (Å²) in [5.41, 5.74) is 0.171. The highest BCUT2D eigenvalue weighted by Crippen LogP contribution is 2.30. The minimum absolute atomic E-state index is 0.265. The molecule has 0 saturated carbocycles. The van der Waals surface area contributed by atoms with Crippen LogP contribution in [0, 0.1) is 0 Å². The molecule has 1 aromatic carbocycles. The van der Waals surface area contributed by atoms with Crippen LogP contribution in [0.1, 0.15) is 25.3 Å². The van der Waals surface area contributed by atoms with Gasteiger partial charge >= 0.3 is 6.36 Å². The molecule has 0 radical (unpaired) electrons. The summed E-state index contributed by atoms with van der Waals surface area (Å²) < 4.78 is 45.4. The van der Waals surface area contributed by atoms with Crippen LogP contribution in [-0.2, 0) is 11.2 Å². The number of hydrogen-bond donors (Lipinski definition) is 1. The fraction of sp³-hybridized carbons (Fsp3) is 0.571. The summed E-state index contributed by atoms with van der Waals surface area (Å²) in [4.78, 5) is 0. The van der Waals surface area contributed by atoms with Gasteiger partial charge in [0.25, 0.3) is 0 Å². The third-order valence-corrected chi connectivity index (χ3v) is 3.54. The van der Waals surface area contributed by atoms with Crippen LogP contribution in [0.25, 0.3) is 0 Å². The Balaban J connectivity index is 1.97. The minimum atomic E-state index is -4.69. The Morgan fingerprint density at radius 3 is 2.50 bits per heavy atom. The lowest BCUT2D eigenvalue weighted by Crippen LogP contribution is -2.40. The molecule has 1 saturated heterocycles. The largest absolute Gasteiger partial charge is 0.573 e. The van der Waals surface area contributed by atoms with Gasteiger partial charge in [-0.2, -0.15) is 0 Å². The standard InChI is InChI=1S/C14H17F3O3/c1-13(7-2-8-19-13)12(18)9-10-3-5-11(6-4-10)20-14(15,16)17/h3-6,12,18H,2,7-9H2,1H3. The lowest BCUT2D eigenvalue weighted by atomic mass is 9.91.